The summed E-state index contributed by atoms with van der Waals surface area (Å²) in [7, 11) is -0.701. The summed E-state index contributed by atoms with van der Waals surface area (Å²) in [5.41, 5.74) is 7.77. The molecule has 1 aromatic heterocycles. The van der Waals surface area contributed by atoms with E-state index in [2.05, 4.69) is 13.8 Å². The number of ether oxygens (including phenoxy) is 1. The second-order valence-electron chi connectivity index (χ2n) is 8.13. The molecule has 0 radical (unpaired) electrons. The normalized spacial score (nSPS) is 13.2. The van der Waals surface area contributed by atoms with Crippen molar-refractivity contribution >= 4 is 21.0 Å². The molecule has 0 saturated carbocycles. The molecule has 1 atom stereocenters. The lowest BCUT2D eigenvalue weighted by atomic mass is 9.95. The van der Waals surface area contributed by atoms with Crippen molar-refractivity contribution in [3.63, 3.8) is 0 Å². The molecule has 3 aromatic rings. The predicted molar refractivity (Wildman–Crippen MR) is 121 cm³/mol. The van der Waals surface area contributed by atoms with Gasteiger partial charge in [0.1, 0.15) is 11.3 Å². The van der Waals surface area contributed by atoms with E-state index in [1.54, 1.807) is 18.2 Å². The summed E-state index contributed by atoms with van der Waals surface area (Å²) in [6.45, 7) is 6.48. The van der Waals surface area contributed by atoms with Gasteiger partial charge in [-0.15, -0.1) is 0 Å². The molecule has 31 heavy (non-hydrogen) atoms. The maximum atomic E-state index is 12.8. The Morgan fingerprint density at radius 1 is 1.13 bits per heavy atom. The quantitative estimate of drug-likeness (QED) is 0.560. The van der Waals surface area contributed by atoms with Gasteiger partial charge >= 0.3 is 5.63 Å². The molecule has 0 amide bonds. The summed E-state index contributed by atoms with van der Waals surface area (Å²) < 4.78 is 37.4. The fourth-order valence-electron chi connectivity index (χ4n) is 3.31. The molecule has 7 nitrogen and oxygen atoms in total. The molecule has 2 N–H and O–H groups in total. The van der Waals surface area contributed by atoms with Crippen LogP contribution in [0.15, 0.2) is 56.6 Å². The molecule has 2 aromatic carbocycles. The number of benzene rings is 2. The number of rotatable bonds is 7. The van der Waals surface area contributed by atoms with Gasteiger partial charge < -0.3 is 14.9 Å². The van der Waals surface area contributed by atoms with Crippen LogP contribution < -0.4 is 16.1 Å². The highest BCUT2D eigenvalue weighted by Crippen LogP contribution is 2.29. The summed E-state index contributed by atoms with van der Waals surface area (Å²) in [6, 6.07) is 10.8. The third kappa shape index (κ3) is 4.66. The van der Waals surface area contributed by atoms with Crippen molar-refractivity contribution in [1.29, 1.82) is 0 Å². The third-order valence-corrected chi connectivity index (χ3v) is 6.88. The topological polar surface area (TPSA) is 103 Å². The van der Waals surface area contributed by atoms with E-state index < -0.39 is 21.7 Å². The number of aryl methyl sites for hydroxylation is 1. The van der Waals surface area contributed by atoms with E-state index in [0.29, 0.717) is 40.5 Å². The van der Waals surface area contributed by atoms with E-state index in [0.717, 1.165) is 9.69 Å². The van der Waals surface area contributed by atoms with Gasteiger partial charge in [-0.05, 0) is 48.2 Å². The van der Waals surface area contributed by atoms with E-state index >= 15 is 0 Å². The van der Waals surface area contributed by atoms with Crippen LogP contribution in [-0.4, -0.2) is 33.4 Å². The maximum absolute atomic E-state index is 12.8. The predicted octanol–water partition coefficient (Wildman–Crippen LogP) is 3.43. The number of nitrogens with zero attached hydrogens (tertiary/aromatic N) is 1. The molecule has 0 fully saturated rings. The van der Waals surface area contributed by atoms with Crippen LogP contribution in [0.25, 0.3) is 11.0 Å². The van der Waals surface area contributed by atoms with Gasteiger partial charge in [0.25, 0.3) is 0 Å². The Morgan fingerprint density at radius 3 is 2.48 bits per heavy atom. The van der Waals surface area contributed by atoms with Crippen molar-refractivity contribution in [2.24, 2.45) is 11.7 Å². The lowest BCUT2D eigenvalue weighted by molar-refractivity contribution is 0.271. The third-order valence-electron chi connectivity index (χ3n) is 5.07. The monoisotopic (exact) mass is 444 g/mol. The average Bonchev–Trinajstić information content (AvgIpc) is 2.71. The van der Waals surface area contributed by atoms with Crippen molar-refractivity contribution in [3.8, 4) is 5.75 Å². The lowest BCUT2D eigenvalue weighted by Gasteiger charge is -2.17. The van der Waals surface area contributed by atoms with Crippen LogP contribution in [0.4, 0.5) is 0 Å². The van der Waals surface area contributed by atoms with E-state index in [-0.39, 0.29) is 4.90 Å². The van der Waals surface area contributed by atoms with Gasteiger partial charge in [0.15, 0.2) is 0 Å². The summed E-state index contributed by atoms with van der Waals surface area (Å²) in [5, 5.41) is 0.749. The van der Waals surface area contributed by atoms with Gasteiger partial charge in [0, 0.05) is 25.5 Å². The molecule has 0 aliphatic carbocycles. The molecule has 0 bridgehead atoms. The first-order valence-electron chi connectivity index (χ1n) is 10.0. The van der Waals surface area contributed by atoms with Crippen LogP contribution in [-0.2, 0) is 10.0 Å². The molecule has 3 rings (SSSR count). The fourth-order valence-corrected chi connectivity index (χ4v) is 4.27. The van der Waals surface area contributed by atoms with Crippen molar-refractivity contribution in [3.05, 3.63) is 69.6 Å². The van der Waals surface area contributed by atoms with E-state index in [1.165, 1.54) is 26.2 Å². The molecule has 0 spiro atoms. The Morgan fingerprint density at radius 2 is 1.84 bits per heavy atom. The van der Waals surface area contributed by atoms with Crippen molar-refractivity contribution in [1.82, 2.24) is 4.31 Å². The molecular weight excluding hydrogens is 416 g/mol. The zero-order valence-corrected chi connectivity index (χ0v) is 19.2. The zero-order chi connectivity index (χ0) is 22.9. The Hall–Kier alpha value is -2.68. The minimum absolute atomic E-state index is 0.111. The fraction of sp³-hybridized carbons (Fsp3) is 0.348. The Kier molecular flexibility index (Phi) is 6.54. The zero-order valence-electron chi connectivity index (χ0n) is 18.4. The van der Waals surface area contributed by atoms with Crippen LogP contribution in [0, 0.1) is 12.8 Å². The maximum Gasteiger partial charge on any atom is 0.341 e. The highest BCUT2D eigenvalue weighted by atomic mass is 32.2. The molecule has 166 valence electrons. The van der Waals surface area contributed by atoms with Crippen molar-refractivity contribution in [2.75, 3.05) is 20.7 Å². The van der Waals surface area contributed by atoms with Crippen LogP contribution in [0.5, 0.6) is 5.75 Å². The summed E-state index contributed by atoms with van der Waals surface area (Å²) in [5.74, 6) is 0.999. The molecule has 0 aliphatic heterocycles. The van der Waals surface area contributed by atoms with E-state index in [4.69, 9.17) is 14.9 Å². The van der Waals surface area contributed by atoms with Gasteiger partial charge in [-0.1, -0.05) is 26.0 Å². The highest BCUT2D eigenvalue weighted by Gasteiger charge is 2.23. The Labute approximate surface area is 182 Å². The van der Waals surface area contributed by atoms with Gasteiger partial charge in [0.2, 0.25) is 10.0 Å². The summed E-state index contributed by atoms with van der Waals surface area (Å²) in [4.78, 5) is 12.9. The van der Waals surface area contributed by atoms with Crippen molar-refractivity contribution in [2.45, 2.75) is 31.7 Å². The SMILES string of the molecule is Cc1c(C(N)c2cccc(S(=O)(=O)N(C)C)c2)c(=O)oc2cc(OCC(C)C)ccc12. The molecule has 0 saturated heterocycles. The Bertz CT molecular complexity index is 1260. The first-order chi connectivity index (χ1) is 14.5. The number of fused-ring (bicyclic) bond motifs is 1. The first kappa shape index (κ1) is 23.0. The Balaban J connectivity index is 2.05. The first-order valence-corrected chi connectivity index (χ1v) is 11.4. The molecule has 8 heteroatoms. The van der Waals surface area contributed by atoms with Crippen LogP contribution >= 0.6 is 0 Å². The molecule has 0 aliphatic rings. The standard InChI is InChI=1S/C23H28N2O5S/c1-14(2)13-29-17-9-10-19-15(3)21(23(26)30-20(19)12-17)22(24)16-7-6-8-18(11-16)31(27,28)25(4)5/h6-12,14,22H,13,24H2,1-5H3. The summed E-state index contributed by atoms with van der Waals surface area (Å²) in [6.07, 6.45) is 0. The smallest absolute Gasteiger partial charge is 0.341 e. The number of hydrogen-bond donors (Lipinski definition) is 1. The van der Waals surface area contributed by atoms with Crippen LogP contribution in [0.3, 0.4) is 0 Å². The van der Waals surface area contributed by atoms with Crippen LogP contribution in [0.2, 0.25) is 0 Å². The second-order valence-corrected chi connectivity index (χ2v) is 10.3. The number of nitrogens with two attached hydrogens (primary N) is 1. The number of sulfonamides is 1. The lowest BCUT2D eigenvalue weighted by Crippen LogP contribution is -2.24. The van der Waals surface area contributed by atoms with Crippen LogP contribution in [0.1, 0.15) is 36.6 Å². The molecular formula is C23H28N2O5S. The average molecular weight is 445 g/mol. The highest BCUT2D eigenvalue weighted by molar-refractivity contribution is 7.89. The number of hydrogen-bond acceptors (Lipinski definition) is 6. The van der Waals surface area contributed by atoms with Gasteiger partial charge in [0.05, 0.1) is 23.1 Å². The van der Waals surface area contributed by atoms with E-state index in [9.17, 15) is 13.2 Å². The second kappa shape index (κ2) is 8.82. The molecule has 1 unspecified atom stereocenters. The minimum atomic E-state index is -3.62. The van der Waals surface area contributed by atoms with Crippen molar-refractivity contribution < 1.29 is 17.6 Å². The molecule has 1 heterocycles. The largest absolute Gasteiger partial charge is 0.493 e. The van der Waals surface area contributed by atoms with Gasteiger partial charge in [-0.3, -0.25) is 0 Å². The van der Waals surface area contributed by atoms with Gasteiger partial charge in [-0.25, -0.2) is 17.5 Å². The van der Waals surface area contributed by atoms with Gasteiger partial charge in [-0.2, -0.15) is 0 Å². The van der Waals surface area contributed by atoms with E-state index in [1.807, 2.05) is 19.1 Å². The summed E-state index contributed by atoms with van der Waals surface area (Å²) >= 11 is 0. The minimum Gasteiger partial charge on any atom is -0.493 e.